The molecule has 0 aromatic carbocycles. The average molecular weight is 646 g/mol. The van der Waals surface area contributed by atoms with Gasteiger partial charge in [-0.15, -0.1) is 24.2 Å². The maximum absolute atomic E-state index is 10.6. The van der Waals surface area contributed by atoms with Crippen LogP contribution in [0.1, 0.15) is 13.8 Å². The largest absolute Gasteiger partial charge is 0 e. The van der Waals surface area contributed by atoms with Gasteiger partial charge in [0.1, 0.15) is 10.5 Å². The fourth-order valence-electron chi connectivity index (χ4n) is 1.90. The molecule has 35 heavy (non-hydrogen) atoms. The Morgan fingerprint density at radius 3 is 0.943 bits per heavy atom. The summed E-state index contributed by atoms with van der Waals surface area (Å²) < 4.78 is 0. The van der Waals surface area contributed by atoms with Crippen molar-refractivity contribution in [1.82, 2.24) is 9.80 Å². The Labute approximate surface area is 275 Å². The van der Waals surface area contributed by atoms with Crippen LogP contribution in [0.3, 0.4) is 0 Å². The van der Waals surface area contributed by atoms with E-state index in [4.69, 9.17) is 30.6 Å². The summed E-state index contributed by atoms with van der Waals surface area (Å²) in [6, 6.07) is 0. The van der Waals surface area contributed by atoms with Crippen LogP contribution in [0.5, 0.6) is 0 Å². The molecule has 2 unspecified atom stereocenters. The predicted molar refractivity (Wildman–Crippen MR) is 127 cm³/mol. The second-order valence-corrected chi connectivity index (χ2v) is 7.78. The summed E-state index contributed by atoms with van der Waals surface area (Å²) in [5.41, 5.74) is 0. The summed E-state index contributed by atoms with van der Waals surface area (Å²) in [6.45, 7) is 0.679. The third-order valence-corrected chi connectivity index (χ3v) is 4.49. The Morgan fingerprint density at radius 1 is 0.600 bits per heavy atom. The molecule has 0 heterocycles. The molecule has 0 amide bonds. The van der Waals surface area contributed by atoms with E-state index in [9.17, 15) is 28.8 Å². The van der Waals surface area contributed by atoms with Crippen LogP contribution in [0, 0.1) is 0 Å². The Morgan fingerprint density at radius 2 is 0.800 bits per heavy atom. The average Bonchev–Trinajstić information content (AvgIpc) is 2.57. The zero-order valence-electron chi connectivity index (χ0n) is 17.7. The summed E-state index contributed by atoms with van der Waals surface area (Å²) >= 11 is 0.917. The van der Waals surface area contributed by atoms with Crippen molar-refractivity contribution in [3.8, 4) is 0 Å². The number of carbonyl (C=O) groups is 6. The molecule has 0 saturated carbocycles. The SMILES string of the molecule is CC(SC(C)C(=O)O)C(=O)O.Cl.O=C(O)CN(CCN(CC(=O)O)CC(=O)O)CC(=O)O.[NaH].[NaH].[Zr]. The van der Waals surface area contributed by atoms with E-state index >= 15 is 0 Å². The number of halogens is 1. The van der Waals surface area contributed by atoms with Crippen LogP contribution in [0.15, 0.2) is 0 Å². The first-order valence-corrected chi connectivity index (χ1v) is 9.52. The maximum Gasteiger partial charge on any atom is 0 e. The van der Waals surface area contributed by atoms with Crippen LogP contribution in [-0.2, 0) is 55.0 Å². The number of carboxylic acids is 6. The molecule has 0 rings (SSSR count). The van der Waals surface area contributed by atoms with Gasteiger partial charge in [0.05, 0.1) is 26.2 Å². The Kier molecular flexibility index (Phi) is 37.7. The normalized spacial score (nSPS) is 11.0. The minimum Gasteiger partial charge on any atom is 0 e. The maximum atomic E-state index is 10.6. The summed E-state index contributed by atoms with van der Waals surface area (Å²) in [7, 11) is 0. The molecule has 0 saturated heterocycles. The van der Waals surface area contributed by atoms with Gasteiger partial charge in [-0.05, 0) is 13.8 Å². The van der Waals surface area contributed by atoms with Crippen molar-refractivity contribution in [2.75, 3.05) is 39.3 Å². The third kappa shape index (κ3) is 32.2. The number of hydrogen-bond acceptors (Lipinski definition) is 9. The minimum absolute atomic E-state index is 0. The van der Waals surface area contributed by atoms with Crippen LogP contribution in [-0.4, -0.2) is 185 Å². The molecular weight excluding hydrogens is 617 g/mol. The monoisotopic (exact) mass is 644 g/mol. The third-order valence-electron chi connectivity index (χ3n) is 3.27. The van der Waals surface area contributed by atoms with Crippen molar-refractivity contribution >= 4 is 119 Å². The van der Waals surface area contributed by atoms with Gasteiger partial charge in [-0.3, -0.25) is 38.6 Å². The van der Waals surface area contributed by atoms with E-state index in [0.29, 0.717) is 0 Å². The first-order valence-electron chi connectivity index (χ1n) is 8.58. The quantitative estimate of drug-likeness (QED) is 0.103. The van der Waals surface area contributed by atoms with Gasteiger partial charge in [-0.1, -0.05) is 0 Å². The molecule has 0 aliphatic carbocycles. The number of nitrogens with zero attached hydrogens (tertiary/aromatic N) is 2. The predicted octanol–water partition coefficient (Wildman–Crippen LogP) is -2.28. The molecule has 19 heteroatoms. The molecule has 6 N–H and O–H groups in total. The van der Waals surface area contributed by atoms with Crippen LogP contribution in [0.4, 0.5) is 0 Å². The van der Waals surface area contributed by atoms with Gasteiger partial charge in [0.2, 0.25) is 0 Å². The van der Waals surface area contributed by atoms with Gasteiger partial charge >= 0.3 is 94.9 Å². The molecule has 0 aromatic heterocycles. The van der Waals surface area contributed by atoms with Crippen LogP contribution < -0.4 is 0 Å². The van der Waals surface area contributed by atoms with Gasteiger partial charge in [-0.2, -0.15) is 0 Å². The van der Waals surface area contributed by atoms with Crippen molar-refractivity contribution < 1.29 is 85.6 Å². The van der Waals surface area contributed by atoms with Crippen LogP contribution in [0.25, 0.3) is 0 Å². The summed E-state index contributed by atoms with van der Waals surface area (Å²) in [4.78, 5) is 64.8. The van der Waals surface area contributed by atoms with Crippen molar-refractivity contribution in [2.24, 2.45) is 0 Å². The van der Waals surface area contributed by atoms with Gasteiger partial charge in [-0.25, -0.2) is 0 Å². The number of carboxylic acid groups (broad SMARTS) is 6. The van der Waals surface area contributed by atoms with E-state index in [1.807, 2.05) is 0 Å². The van der Waals surface area contributed by atoms with Crippen molar-refractivity contribution in [2.45, 2.75) is 24.3 Å². The molecule has 0 bridgehead atoms. The zero-order valence-corrected chi connectivity index (χ0v) is 21.8. The van der Waals surface area contributed by atoms with E-state index < -0.39 is 72.5 Å². The van der Waals surface area contributed by atoms with Gasteiger partial charge in [0.25, 0.3) is 0 Å². The molecule has 0 fully saturated rings. The van der Waals surface area contributed by atoms with Gasteiger partial charge < -0.3 is 30.6 Å². The van der Waals surface area contributed by atoms with Gasteiger partial charge in [0.15, 0.2) is 0 Å². The molecule has 0 aromatic rings. The van der Waals surface area contributed by atoms with Gasteiger partial charge in [0, 0.05) is 39.3 Å². The fraction of sp³-hybridized carbons (Fsp3) is 0.625. The molecular formula is C16H29ClN2Na2O12SZr. The van der Waals surface area contributed by atoms with Crippen LogP contribution >= 0.6 is 24.2 Å². The standard InChI is InChI=1S/C10H16N2O8.C6H10O4S.ClH.2Na.Zr.2H/c13-7(14)3-11(4-8(15)16)1-2-12(5-9(17)18)6-10(19)20;1-3(5(7)8)11-4(2)6(9)10;;;;;;/h1-6H2,(H,13,14)(H,15,16)(H,17,18)(H,19,20);3-4H,1-2H3,(H,7,8)(H,9,10);1H;;;;;. The second kappa shape index (κ2) is 27.3. The number of thioether (sulfide) groups is 1. The van der Waals surface area contributed by atoms with E-state index in [-0.39, 0.29) is 111 Å². The van der Waals surface area contributed by atoms with E-state index in [1.54, 1.807) is 0 Å². The molecule has 0 aliphatic heterocycles. The van der Waals surface area contributed by atoms with Crippen molar-refractivity contribution in [3.05, 3.63) is 0 Å². The fourth-order valence-corrected chi connectivity index (χ4v) is 2.74. The molecule has 14 nitrogen and oxygen atoms in total. The summed E-state index contributed by atoms with van der Waals surface area (Å²) in [5, 5.41) is 49.9. The van der Waals surface area contributed by atoms with E-state index in [1.165, 1.54) is 13.8 Å². The molecule has 0 aliphatic rings. The number of aliphatic carboxylic acids is 6. The second-order valence-electron chi connectivity index (χ2n) is 6.09. The van der Waals surface area contributed by atoms with E-state index in [0.717, 1.165) is 21.6 Å². The van der Waals surface area contributed by atoms with E-state index in [2.05, 4.69) is 0 Å². The zero-order chi connectivity index (χ0) is 24.7. The smallest absolute Gasteiger partial charge is 0 e. The summed E-state index contributed by atoms with van der Waals surface area (Å²) in [6.07, 6.45) is 0. The topological polar surface area (TPSA) is 230 Å². The first-order chi connectivity index (χ1) is 14.1. The minimum atomic E-state index is -1.23. The molecule has 0 spiro atoms. The summed E-state index contributed by atoms with van der Waals surface area (Å²) in [5.74, 6) is -6.88. The van der Waals surface area contributed by atoms with Crippen molar-refractivity contribution in [1.29, 1.82) is 0 Å². The first kappa shape index (κ1) is 48.3. The molecule has 0 radical (unpaired) electrons. The Bertz CT molecular complexity index is 594. The van der Waals surface area contributed by atoms with Crippen molar-refractivity contribution in [3.63, 3.8) is 0 Å². The number of hydrogen-bond donors (Lipinski definition) is 6. The Hall–Kier alpha value is 0.263. The molecule has 2 atom stereocenters. The molecule has 194 valence electrons. The Balaban J connectivity index is -0.000000122. The number of rotatable bonds is 15. The van der Waals surface area contributed by atoms with Crippen LogP contribution in [0.2, 0.25) is 0 Å².